The minimum absolute atomic E-state index is 0.597. The Bertz CT molecular complexity index is 675. The molecule has 102 valence electrons. The Kier molecular flexibility index (Phi) is 3.90. The first-order chi connectivity index (χ1) is 9.81. The van der Waals surface area contributed by atoms with Crippen molar-refractivity contribution in [3.8, 4) is 11.1 Å². The Morgan fingerprint density at radius 3 is 2.75 bits per heavy atom. The number of nitrogens with one attached hydrogen (secondary N) is 1. The van der Waals surface area contributed by atoms with E-state index < -0.39 is 0 Å². The Morgan fingerprint density at radius 1 is 1.15 bits per heavy atom. The van der Waals surface area contributed by atoms with Crippen LogP contribution in [-0.4, -0.2) is 10.1 Å². The first-order valence-electron chi connectivity index (χ1n) is 6.44. The Labute approximate surface area is 121 Å². The second-order valence-electron chi connectivity index (χ2n) is 4.51. The van der Waals surface area contributed by atoms with Crippen LogP contribution in [0.15, 0.2) is 46.3 Å². The van der Waals surface area contributed by atoms with E-state index in [1.165, 1.54) is 16.0 Å². The molecule has 0 saturated heterocycles. The average molecular weight is 285 g/mol. The van der Waals surface area contributed by atoms with Crippen molar-refractivity contribution in [1.29, 1.82) is 0 Å². The van der Waals surface area contributed by atoms with Crippen LogP contribution in [0.2, 0.25) is 0 Å². The molecule has 0 aliphatic rings. The van der Waals surface area contributed by atoms with Gasteiger partial charge in [-0.25, -0.2) is 0 Å². The van der Waals surface area contributed by atoms with E-state index in [0.717, 1.165) is 6.54 Å². The van der Waals surface area contributed by atoms with Crippen molar-refractivity contribution in [1.82, 2.24) is 15.5 Å². The van der Waals surface area contributed by atoms with Crippen molar-refractivity contribution in [2.75, 3.05) is 0 Å². The topological polar surface area (TPSA) is 51.0 Å². The maximum atomic E-state index is 5.06. The molecule has 2 heterocycles. The highest BCUT2D eigenvalue weighted by Crippen LogP contribution is 2.25. The summed E-state index contributed by atoms with van der Waals surface area (Å²) < 4.78 is 5.06. The number of hydrogen-bond donors (Lipinski definition) is 1. The van der Waals surface area contributed by atoms with Crippen LogP contribution in [0.4, 0.5) is 0 Å². The predicted molar refractivity (Wildman–Crippen MR) is 79.3 cm³/mol. The Hall–Kier alpha value is -1.98. The fourth-order valence-corrected chi connectivity index (χ4v) is 2.82. The molecule has 4 nitrogen and oxygen atoms in total. The SMILES string of the molecule is Cc1noc(CNCc2cc(-c3ccccc3)cs2)n1. The summed E-state index contributed by atoms with van der Waals surface area (Å²) in [5.41, 5.74) is 2.52. The highest BCUT2D eigenvalue weighted by atomic mass is 32.1. The largest absolute Gasteiger partial charge is 0.338 e. The lowest BCUT2D eigenvalue weighted by atomic mass is 10.1. The van der Waals surface area contributed by atoms with Gasteiger partial charge < -0.3 is 9.84 Å². The number of benzene rings is 1. The molecule has 0 fully saturated rings. The first kappa shape index (κ1) is 13.0. The van der Waals surface area contributed by atoms with Crippen LogP contribution in [-0.2, 0) is 13.1 Å². The van der Waals surface area contributed by atoms with Crippen LogP contribution in [0.3, 0.4) is 0 Å². The molecule has 5 heteroatoms. The second-order valence-corrected chi connectivity index (χ2v) is 5.50. The zero-order valence-corrected chi connectivity index (χ0v) is 12.0. The average Bonchev–Trinajstić information content (AvgIpc) is 3.09. The summed E-state index contributed by atoms with van der Waals surface area (Å²) in [7, 11) is 0. The molecule has 0 aliphatic heterocycles. The summed E-state index contributed by atoms with van der Waals surface area (Å²) >= 11 is 1.76. The van der Waals surface area contributed by atoms with E-state index >= 15 is 0 Å². The van der Waals surface area contributed by atoms with Gasteiger partial charge in [0.05, 0.1) is 6.54 Å². The summed E-state index contributed by atoms with van der Waals surface area (Å²) in [5.74, 6) is 1.30. The van der Waals surface area contributed by atoms with Gasteiger partial charge in [0, 0.05) is 11.4 Å². The van der Waals surface area contributed by atoms with E-state index in [-0.39, 0.29) is 0 Å². The highest BCUT2D eigenvalue weighted by Gasteiger charge is 2.04. The third-order valence-corrected chi connectivity index (χ3v) is 3.84. The van der Waals surface area contributed by atoms with Gasteiger partial charge in [0.1, 0.15) is 0 Å². The van der Waals surface area contributed by atoms with Gasteiger partial charge in [-0.2, -0.15) is 4.98 Å². The molecule has 0 spiro atoms. The fourth-order valence-electron chi connectivity index (χ4n) is 1.96. The number of hydrogen-bond acceptors (Lipinski definition) is 5. The van der Waals surface area contributed by atoms with Crippen LogP contribution < -0.4 is 5.32 Å². The minimum Gasteiger partial charge on any atom is -0.338 e. The van der Waals surface area contributed by atoms with Crippen molar-refractivity contribution >= 4 is 11.3 Å². The van der Waals surface area contributed by atoms with Gasteiger partial charge in [-0.1, -0.05) is 35.5 Å². The maximum absolute atomic E-state index is 5.06. The molecule has 0 amide bonds. The molecule has 3 aromatic rings. The van der Waals surface area contributed by atoms with Crippen LogP contribution in [0.5, 0.6) is 0 Å². The quantitative estimate of drug-likeness (QED) is 0.780. The lowest BCUT2D eigenvalue weighted by Crippen LogP contribution is -2.11. The van der Waals surface area contributed by atoms with E-state index in [4.69, 9.17) is 4.52 Å². The molecular weight excluding hydrogens is 270 g/mol. The van der Waals surface area contributed by atoms with Gasteiger partial charge in [0.15, 0.2) is 5.82 Å². The van der Waals surface area contributed by atoms with E-state index in [9.17, 15) is 0 Å². The number of thiophene rings is 1. The van der Waals surface area contributed by atoms with Crippen LogP contribution in [0, 0.1) is 6.92 Å². The molecule has 0 radical (unpaired) electrons. The lowest BCUT2D eigenvalue weighted by molar-refractivity contribution is 0.364. The molecule has 0 unspecified atom stereocenters. The number of aryl methyl sites for hydroxylation is 1. The van der Waals surface area contributed by atoms with Crippen LogP contribution >= 0.6 is 11.3 Å². The number of rotatable bonds is 5. The predicted octanol–water partition coefficient (Wildman–Crippen LogP) is 3.40. The van der Waals surface area contributed by atoms with E-state index in [0.29, 0.717) is 18.3 Å². The fraction of sp³-hybridized carbons (Fsp3) is 0.200. The number of aromatic nitrogens is 2. The van der Waals surface area contributed by atoms with Crippen molar-refractivity contribution < 1.29 is 4.52 Å². The lowest BCUT2D eigenvalue weighted by Gasteiger charge is -1.98. The molecule has 3 rings (SSSR count). The molecule has 1 N–H and O–H groups in total. The van der Waals surface area contributed by atoms with Gasteiger partial charge in [0.25, 0.3) is 0 Å². The summed E-state index contributed by atoms with van der Waals surface area (Å²) in [4.78, 5) is 5.45. The smallest absolute Gasteiger partial charge is 0.240 e. The normalized spacial score (nSPS) is 10.8. The zero-order chi connectivity index (χ0) is 13.8. The second kappa shape index (κ2) is 5.98. The van der Waals surface area contributed by atoms with Gasteiger partial charge in [-0.05, 0) is 29.5 Å². The van der Waals surface area contributed by atoms with Crippen LogP contribution in [0.25, 0.3) is 11.1 Å². The molecule has 0 atom stereocenters. The molecule has 0 aliphatic carbocycles. The van der Waals surface area contributed by atoms with Crippen molar-refractivity contribution in [3.63, 3.8) is 0 Å². The summed E-state index contributed by atoms with van der Waals surface area (Å²) in [5, 5.41) is 9.26. The molecule has 20 heavy (non-hydrogen) atoms. The maximum Gasteiger partial charge on any atom is 0.240 e. The van der Waals surface area contributed by atoms with Crippen molar-refractivity contribution in [2.24, 2.45) is 0 Å². The summed E-state index contributed by atoms with van der Waals surface area (Å²) in [6, 6.07) is 12.6. The highest BCUT2D eigenvalue weighted by molar-refractivity contribution is 7.10. The Balaban J connectivity index is 1.58. The molecule has 0 bridgehead atoms. The number of nitrogens with zero attached hydrogens (tertiary/aromatic N) is 2. The van der Waals surface area contributed by atoms with Crippen molar-refractivity contribution in [3.05, 3.63) is 58.4 Å². The zero-order valence-electron chi connectivity index (χ0n) is 11.2. The standard InChI is InChI=1S/C15H15N3OS/c1-11-17-15(19-18-11)9-16-8-14-7-13(10-20-14)12-5-3-2-4-6-12/h2-7,10,16H,8-9H2,1H3. The van der Waals surface area contributed by atoms with Crippen molar-refractivity contribution in [2.45, 2.75) is 20.0 Å². The first-order valence-corrected chi connectivity index (χ1v) is 7.32. The third-order valence-electron chi connectivity index (χ3n) is 2.91. The molecule has 2 aromatic heterocycles. The Morgan fingerprint density at radius 2 is 2.00 bits per heavy atom. The van der Waals surface area contributed by atoms with Gasteiger partial charge in [-0.15, -0.1) is 11.3 Å². The van der Waals surface area contributed by atoms with E-state index in [1.54, 1.807) is 11.3 Å². The summed E-state index contributed by atoms with van der Waals surface area (Å²) in [6.45, 7) is 3.22. The van der Waals surface area contributed by atoms with Gasteiger partial charge in [-0.3, -0.25) is 0 Å². The molecular formula is C15H15N3OS. The van der Waals surface area contributed by atoms with Gasteiger partial charge in [0.2, 0.25) is 5.89 Å². The van der Waals surface area contributed by atoms with Gasteiger partial charge >= 0.3 is 0 Å². The molecule has 0 saturated carbocycles. The monoisotopic (exact) mass is 285 g/mol. The minimum atomic E-state index is 0.597. The van der Waals surface area contributed by atoms with Crippen LogP contribution in [0.1, 0.15) is 16.6 Å². The van der Waals surface area contributed by atoms with E-state index in [2.05, 4.69) is 51.2 Å². The summed E-state index contributed by atoms with van der Waals surface area (Å²) in [6.07, 6.45) is 0. The molecule has 1 aromatic carbocycles. The van der Waals surface area contributed by atoms with E-state index in [1.807, 2.05) is 13.0 Å². The third kappa shape index (κ3) is 3.12.